The molecule has 0 spiro atoms. The van der Waals surface area contributed by atoms with Crippen LogP contribution in [-0.2, 0) is 0 Å². The maximum absolute atomic E-state index is 13.3. The normalized spacial score (nSPS) is 11.8. The molecule has 0 bridgehead atoms. The molecule has 0 unspecified atom stereocenters. The highest BCUT2D eigenvalue weighted by molar-refractivity contribution is 6.07. The number of ether oxygens (including phenoxy) is 2. The lowest BCUT2D eigenvalue weighted by Gasteiger charge is -2.09. The maximum Gasteiger partial charge on any atom is 0.255 e. The standard InChI is InChI=1S/C21H15FN2O4/c22-15-4-2-6-17(11-15)24-20(25)13-3-1-5-16(9-13)23-21(26)14-7-8-18-19(10-14)28-12-27-18/h1-11H,12H2,(H,23,26)(H,24,25). The third-order valence-electron chi connectivity index (χ3n) is 4.10. The fraction of sp³-hybridized carbons (Fsp3) is 0.0476. The zero-order chi connectivity index (χ0) is 19.5. The number of hydrogen-bond donors (Lipinski definition) is 2. The van der Waals surface area contributed by atoms with Crippen LogP contribution >= 0.6 is 0 Å². The molecule has 0 aliphatic carbocycles. The zero-order valence-electron chi connectivity index (χ0n) is 14.6. The van der Waals surface area contributed by atoms with Gasteiger partial charge in [0, 0.05) is 22.5 Å². The minimum Gasteiger partial charge on any atom is -0.454 e. The van der Waals surface area contributed by atoms with Crippen molar-refractivity contribution in [1.29, 1.82) is 0 Å². The van der Waals surface area contributed by atoms with E-state index in [1.807, 2.05) is 0 Å². The van der Waals surface area contributed by atoms with Gasteiger partial charge in [-0.15, -0.1) is 0 Å². The molecule has 4 rings (SSSR count). The number of halogens is 1. The molecule has 2 N–H and O–H groups in total. The van der Waals surface area contributed by atoms with Gasteiger partial charge >= 0.3 is 0 Å². The summed E-state index contributed by atoms with van der Waals surface area (Å²) in [6.07, 6.45) is 0. The number of nitrogens with one attached hydrogen (secondary N) is 2. The fourth-order valence-electron chi connectivity index (χ4n) is 2.75. The van der Waals surface area contributed by atoms with E-state index in [1.54, 1.807) is 48.5 Å². The second-order valence-electron chi connectivity index (χ2n) is 6.07. The second kappa shape index (κ2) is 7.40. The first-order valence-electron chi connectivity index (χ1n) is 8.46. The van der Waals surface area contributed by atoms with E-state index in [0.29, 0.717) is 34.0 Å². The van der Waals surface area contributed by atoms with Gasteiger partial charge in [0.1, 0.15) is 5.82 Å². The first-order valence-corrected chi connectivity index (χ1v) is 8.46. The van der Waals surface area contributed by atoms with Crippen molar-refractivity contribution in [1.82, 2.24) is 0 Å². The number of carbonyl (C=O) groups is 2. The number of amides is 2. The van der Waals surface area contributed by atoms with E-state index in [9.17, 15) is 14.0 Å². The molecule has 28 heavy (non-hydrogen) atoms. The van der Waals surface area contributed by atoms with E-state index in [0.717, 1.165) is 0 Å². The van der Waals surface area contributed by atoms with Crippen molar-refractivity contribution < 1.29 is 23.5 Å². The van der Waals surface area contributed by atoms with E-state index in [2.05, 4.69) is 10.6 Å². The Bertz CT molecular complexity index is 1070. The summed E-state index contributed by atoms with van der Waals surface area (Å²) in [5.74, 6) is -0.100. The number of rotatable bonds is 4. The van der Waals surface area contributed by atoms with Gasteiger partial charge in [0.05, 0.1) is 0 Å². The maximum atomic E-state index is 13.3. The molecule has 0 saturated carbocycles. The molecule has 0 radical (unpaired) electrons. The predicted molar refractivity (Wildman–Crippen MR) is 101 cm³/mol. The molecule has 2 amide bonds. The minimum absolute atomic E-state index is 0.128. The van der Waals surface area contributed by atoms with E-state index >= 15 is 0 Å². The average molecular weight is 378 g/mol. The van der Waals surface area contributed by atoms with Crippen LogP contribution in [0.4, 0.5) is 15.8 Å². The van der Waals surface area contributed by atoms with Crippen LogP contribution in [-0.4, -0.2) is 18.6 Å². The van der Waals surface area contributed by atoms with Crippen molar-refractivity contribution in [2.75, 3.05) is 17.4 Å². The lowest BCUT2D eigenvalue weighted by molar-refractivity contribution is 0.101. The van der Waals surface area contributed by atoms with Crippen LogP contribution in [0, 0.1) is 5.82 Å². The van der Waals surface area contributed by atoms with E-state index < -0.39 is 11.7 Å². The van der Waals surface area contributed by atoms with E-state index in [1.165, 1.54) is 18.2 Å². The quantitative estimate of drug-likeness (QED) is 0.718. The molecule has 1 aliphatic rings. The smallest absolute Gasteiger partial charge is 0.255 e. The van der Waals surface area contributed by atoms with Gasteiger partial charge in [-0.1, -0.05) is 12.1 Å². The van der Waals surface area contributed by atoms with Gasteiger partial charge in [-0.2, -0.15) is 0 Å². The Balaban J connectivity index is 1.47. The lowest BCUT2D eigenvalue weighted by atomic mass is 10.1. The highest BCUT2D eigenvalue weighted by Crippen LogP contribution is 2.32. The van der Waals surface area contributed by atoms with Crippen LogP contribution in [0.15, 0.2) is 66.7 Å². The van der Waals surface area contributed by atoms with Crippen molar-refractivity contribution >= 4 is 23.2 Å². The number of carbonyl (C=O) groups excluding carboxylic acids is 2. The Morgan fingerprint density at radius 3 is 2.14 bits per heavy atom. The highest BCUT2D eigenvalue weighted by Gasteiger charge is 2.16. The molecule has 3 aromatic rings. The summed E-state index contributed by atoms with van der Waals surface area (Å²) >= 11 is 0. The van der Waals surface area contributed by atoms with Crippen LogP contribution in [0.3, 0.4) is 0 Å². The van der Waals surface area contributed by atoms with Crippen LogP contribution in [0.25, 0.3) is 0 Å². The van der Waals surface area contributed by atoms with Crippen molar-refractivity contribution in [2.24, 2.45) is 0 Å². The SMILES string of the molecule is O=C(Nc1cccc(F)c1)c1cccc(NC(=O)c2ccc3c(c2)OCO3)c1. The fourth-order valence-corrected chi connectivity index (χ4v) is 2.75. The van der Waals surface area contributed by atoms with Crippen LogP contribution in [0.2, 0.25) is 0 Å². The van der Waals surface area contributed by atoms with Crippen molar-refractivity contribution in [3.8, 4) is 11.5 Å². The third kappa shape index (κ3) is 3.78. The Labute approximate surface area is 159 Å². The Hall–Kier alpha value is -3.87. The topological polar surface area (TPSA) is 76.7 Å². The van der Waals surface area contributed by atoms with Crippen LogP contribution in [0.1, 0.15) is 20.7 Å². The summed E-state index contributed by atoms with van der Waals surface area (Å²) in [4.78, 5) is 24.9. The summed E-state index contributed by atoms with van der Waals surface area (Å²) in [7, 11) is 0. The van der Waals surface area contributed by atoms with Gasteiger partial charge in [-0.25, -0.2) is 4.39 Å². The molecule has 0 aromatic heterocycles. The van der Waals surface area contributed by atoms with Gasteiger partial charge in [-0.05, 0) is 54.6 Å². The molecule has 140 valence electrons. The number of fused-ring (bicyclic) bond motifs is 1. The Morgan fingerprint density at radius 1 is 0.750 bits per heavy atom. The number of hydrogen-bond acceptors (Lipinski definition) is 4. The Morgan fingerprint density at radius 2 is 1.39 bits per heavy atom. The van der Waals surface area contributed by atoms with Gasteiger partial charge < -0.3 is 20.1 Å². The second-order valence-corrected chi connectivity index (χ2v) is 6.07. The summed E-state index contributed by atoms with van der Waals surface area (Å²) in [5.41, 5.74) is 1.53. The number of anilines is 2. The summed E-state index contributed by atoms with van der Waals surface area (Å²) in [6, 6.07) is 17.0. The molecule has 3 aromatic carbocycles. The molecule has 0 atom stereocenters. The summed E-state index contributed by atoms with van der Waals surface area (Å²) in [6.45, 7) is 0.128. The minimum atomic E-state index is -0.442. The molecule has 7 heteroatoms. The lowest BCUT2D eigenvalue weighted by Crippen LogP contribution is -2.14. The van der Waals surface area contributed by atoms with E-state index in [4.69, 9.17) is 9.47 Å². The first kappa shape index (κ1) is 17.5. The van der Waals surface area contributed by atoms with Crippen molar-refractivity contribution in [3.05, 3.63) is 83.7 Å². The van der Waals surface area contributed by atoms with Crippen LogP contribution < -0.4 is 20.1 Å². The molecule has 0 saturated heterocycles. The van der Waals surface area contributed by atoms with Crippen molar-refractivity contribution in [2.45, 2.75) is 0 Å². The average Bonchev–Trinajstić information content (AvgIpc) is 3.16. The van der Waals surface area contributed by atoms with Gasteiger partial charge in [0.25, 0.3) is 11.8 Å². The largest absolute Gasteiger partial charge is 0.454 e. The molecular weight excluding hydrogens is 363 g/mol. The van der Waals surface area contributed by atoms with Gasteiger partial charge in [0.2, 0.25) is 6.79 Å². The summed E-state index contributed by atoms with van der Waals surface area (Å²) in [5, 5.41) is 5.36. The van der Waals surface area contributed by atoms with Gasteiger partial charge in [0.15, 0.2) is 11.5 Å². The summed E-state index contributed by atoms with van der Waals surface area (Å²) < 4.78 is 23.8. The van der Waals surface area contributed by atoms with E-state index in [-0.39, 0.29) is 12.7 Å². The third-order valence-corrected chi connectivity index (χ3v) is 4.10. The molecular formula is C21H15FN2O4. The van der Waals surface area contributed by atoms with Gasteiger partial charge in [-0.3, -0.25) is 9.59 Å². The zero-order valence-corrected chi connectivity index (χ0v) is 14.6. The monoisotopic (exact) mass is 378 g/mol. The first-order chi connectivity index (χ1) is 13.6. The van der Waals surface area contributed by atoms with Crippen molar-refractivity contribution in [3.63, 3.8) is 0 Å². The molecule has 1 aliphatic heterocycles. The predicted octanol–water partition coefficient (Wildman–Crippen LogP) is 4.06. The highest BCUT2D eigenvalue weighted by atomic mass is 19.1. The molecule has 0 fully saturated rings. The number of benzene rings is 3. The molecule has 1 heterocycles. The Kier molecular flexibility index (Phi) is 4.63. The molecule has 6 nitrogen and oxygen atoms in total. The van der Waals surface area contributed by atoms with Crippen LogP contribution in [0.5, 0.6) is 11.5 Å².